The van der Waals surface area contributed by atoms with E-state index in [1.165, 1.54) is 9.47 Å². The van der Waals surface area contributed by atoms with Gasteiger partial charge in [0.15, 0.2) is 0 Å². The average molecular weight is 583 g/mol. The minimum atomic E-state index is -1.41. The van der Waals surface area contributed by atoms with Gasteiger partial charge in [0.05, 0.1) is 24.2 Å². The summed E-state index contributed by atoms with van der Waals surface area (Å²) >= 11 is 0. The van der Waals surface area contributed by atoms with Crippen LogP contribution >= 0.6 is 0 Å². The van der Waals surface area contributed by atoms with E-state index in [0.717, 1.165) is 29.4 Å². The second-order valence-electron chi connectivity index (χ2n) is 13.0. The predicted octanol–water partition coefficient (Wildman–Crippen LogP) is 3.83. The van der Waals surface area contributed by atoms with Crippen LogP contribution in [0.3, 0.4) is 0 Å². The lowest BCUT2D eigenvalue weighted by atomic mass is 9.79. The monoisotopic (exact) mass is 583 g/mol. The van der Waals surface area contributed by atoms with Crippen LogP contribution in [0.2, 0.25) is 0 Å². The van der Waals surface area contributed by atoms with Gasteiger partial charge in [-0.05, 0) is 97.0 Å². The van der Waals surface area contributed by atoms with Gasteiger partial charge < -0.3 is 23.7 Å². The third-order valence-electron chi connectivity index (χ3n) is 7.18. The Labute approximate surface area is 247 Å². The van der Waals surface area contributed by atoms with E-state index in [2.05, 4.69) is 0 Å². The van der Waals surface area contributed by atoms with Crippen molar-refractivity contribution in [2.24, 2.45) is 0 Å². The van der Waals surface area contributed by atoms with Gasteiger partial charge in [-0.15, -0.1) is 0 Å². The number of aryl methyl sites for hydroxylation is 1. The number of carbonyl (C=O) groups excluding carboxylic acids is 4. The Bertz CT molecular complexity index is 1350. The topological polar surface area (TPSA) is 117 Å². The van der Waals surface area contributed by atoms with Crippen molar-refractivity contribution in [3.8, 4) is 0 Å². The number of aromatic nitrogens is 1. The fourth-order valence-electron chi connectivity index (χ4n) is 5.44. The molecule has 228 valence electrons. The zero-order valence-electron chi connectivity index (χ0n) is 25.9. The van der Waals surface area contributed by atoms with Crippen molar-refractivity contribution in [1.29, 1.82) is 0 Å². The first-order valence-electron chi connectivity index (χ1n) is 14.5. The molecular weight excluding hydrogens is 541 g/mol. The van der Waals surface area contributed by atoms with E-state index >= 15 is 0 Å². The second-order valence-corrected chi connectivity index (χ2v) is 13.0. The Balaban J connectivity index is 1.73. The van der Waals surface area contributed by atoms with Crippen LogP contribution in [0.1, 0.15) is 78.4 Å². The standard InChI is InChI=1S/C30H42BN3O8/c1-9-21-22-16-20(19-12-14-33(15-13-19)27(37)39-29(2,3)4)10-11-23(22)34(28(38)40-30(5,6)7)26(21)31-41-24(35)17-32(8)18-25(36)42-31/h10-11,16,19H,9,12-15,17-18H2,1-8H3. The molecule has 1 aromatic heterocycles. The van der Waals surface area contributed by atoms with Crippen molar-refractivity contribution in [3.05, 3.63) is 29.3 Å². The Morgan fingerprint density at radius 2 is 1.48 bits per heavy atom. The summed E-state index contributed by atoms with van der Waals surface area (Å²) in [5, 5.41) is 0.789. The van der Waals surface area contributed by atoms with Crippen LogP contribution in [0.5, 0.6) is 0 Å². The van der Waals surface area contributed by atoms with Gasteiger partial charge in [0, 0.05) is 18.5 Å². The van der Waals surface area contributed by atoms with Gasteiger partial charge >= 0.3 is 31.2 Å². The van der Waals surface area contributed by atoms with Crippen LogP contribution in [0.4, 0.5) is 9.59 Å². The van der Waals surface area contributed by atoms with E-state index in [1.54, 1.807) is 32.7 Å². The summed E-state index contributed by atoms with van der Waals surface area (Å²) in [5.74, 6) is -0.954. The largest absolute Gasteiger partial charge is 0.655 e. The van der Waals surface area contributed by atoms with Gasteiger partial charge in [0.25, 0.3) is 0 Å². The normalized spacial score (nSPS) is 17.9. The number of amides is 1. The summed E-state index contributed by atoms with van der Waals surface area (Å²) in [7, 11) is 0.214. The number of benzene rings is 1. The lowest BCUT2D eigenvalue weighted by Crippen LogP contribution is -2.52. The highest BCUT2D eigenvalue weighted by Crippen LogP contribution is 2.33. The minimum Gasteiger partial charge on any atom is -0.493 e. The van der Waals surface area contributed by atoms with Crippen molar-refractivity contribution in [1.82, 2.24) is 14.4 Å². The molecule has 1 aromatic carbocycles. The van der Waals surface area contributed by atoms with Gasteiger partial charge in [0.1, 0.15) is 11.2 Å². The van der Waals surface area contributed by atoms with Crippen molar-refractivity contribution in [2.45, 2.75) is 84.8 Å². The minimum absolute atomic E-state index is 0.0914. The van der Waals surface area contributed by atoms with E-state index in [-0.39, 0.29) is 30.7 Å². The highest BCUT2D eigenvalue weighted by Gasteiger charge is 2.42. The summed E-state index contributed by atoms with van der Waals surface area (Å²) in [6.45, 7) is 13.8. The van der Waals surface area contributed by atoms with Crippen LogP contribution in [-0.4, -0.2) is 90.0 Å². The molecule has 2 saturated heterocycles. The fourth-order valence-corrected chi connectivity index (χ4v) is 5.44. The zero-order valence-corrected chi connectivity index (χ0v) is 25.9. The maximum absolute atomic E-state index is 13.6. The van der Waals surface area contributed by atoms with Crippen LogP contribution in [0, 0.1) is 0 Å². The Morgan fingerprint density at radius 1 is 0.929 bits per heavy atom. The molecule has 11 nitrogen and oxygen atoms in total. The number of likely N-dealkylation sites (N-methyl/N-ethyl adjacent to an activating group) is 1. The lowest BCUT2D eigenvalue weighted by Gasteiger charge is -2.33. The van der Waals surface area contributed by atoms with Gasteiger partial charge in [-0.1, -0.05) is 13.0 Å². The number of likely N-dealkylation sites (tertiary alicyclic amines) is 1. The number of hydrogen-bond acceptors (Lipinski definition) is 9. The molecule has 0 bridgehead atoms. The first-order chi connectivity index (χ1) is 19.6. The summed E-state index contributed by atoms with van der Waals surface area (Å²) < 4.78 is 23.9. The van der Waals surface area contributed by atoms with Gasteiger partial charge in [-0.2, -0.15) is 0 Å². The van der Waals surface area contributed by atoms with E-state index in [0.29, 0.717) is 25.0 Å². The number of carbonyl (C=O) groups is 4. The summed E-state index contributed by atoms with van der Waals surface area (Å²) in [6, 6.07) is 5.88. The van der Waals surface area contributed by atoms with E-state index in [1.807, 2.05) is 45.9 Å². The molecule has 4 rings (SSSR count). The second kappa shape index (κ2) is 12.0. The SMILES string of the molecule is CCc1c(B2OC(=O)CN(C)CC(=O)O2)n(C(=O)OC(C)(C)C)c2ccc(C3CCN(C(=O)OC(C)(C)C)CC3)cc12. The molecule has 0 atom stereocenters. The molecule has 42 heavy (non-hydrogen) atoms. The molecule has 0 aliphatic carbocycles. The highest BCUT2D eigenvalue weighted by molar-refractivity contribution is 6.65. The molecule has 3 heterocycles. The third kappa shape index (κ3) is 7.26. The van der Waals surface area contributed by atoms with Crippen molar-refractivity contribution >= 4 is 47.7 Å². The summed E-state index contributed by atoms with van der Waals surface area (Å²) in [4.78, 5) is 54.7. The van der Waals surface area contributed by atoms with Crippen LogP contribution < -0.4 is 5.59 Å². The molecule has 2 aromatic rings. The third-order valence-corrected chi connectivity index (χ3v) is 7.18. The zero-order chi connectivity index (χ0) is 31.0. The molecule has 12 heteroatoms. The van der Waals surface area contributed by atoms with Gasteiger partial charge in [0.2, 0.25) is 0 Å². The first kappa shape index (κ1) is 31.4. The smallest absolute Gasteiger partial charge is 0.493 e. The van der Waals surface area contributed by atoms with Crippen LogP contribution in [0.15, 0.2) is 18.2 Å². The molecule has 0 saturated carbocycles. The van der Waals surface area contributed by atoms with Gasteiger partial charge in [-0.25, -0.2) is 14.2 Å². The molecule has 1 amide bonds. The van der Waals surface area contributed by atoms with E-state index < -0.39 is 36.4 Å². The number of piperidine rings is 1. The molecule has 2 fully saturated rings. The van der Waals surface area contributed by atoms with E-state index in [4.69, 9.17) is 18.8 Å². The Hall–Kier alpha value is -3.54. The average Bonchev–Trinajstić information content (AvgIpc) is 3.19. The predicted molar refractivity (Wildman–Crippen MR) is 158 cm³/mol. The number of hydrogen-bond donors (Lipinski definition) is 0. The fraction of sp³-hybridized carbons (Fsp3) is 0.600. The molecule has 0 unspecified atom stereocenters. The maximum Gasteiger partial charge on any atom is 0.655 e. The highest BCUT2D eigenvalue weighted by atomic mass is 16.6. The van der Waals surface area contributed by atoms with Crippen molar-refractivity contribution < 1.29 is 38.0 Å². The number of ether oxygens (including phenoxy) is 2. The van der Waals surface area contributed by atoms with Crippen molar-refractivity contribution in [3.63, 3.8) is 0 Å². The molecule has 0 spiro atoms. The Morgan fingerprint density at radius 3 is 2.00 bits per heavy atom. The Kier molecular flexibility index (Phi) is 8.96. The summed E-state index contributed by atoms with van der Waals surface area (Å²) in [6.07, 6.45) is 1.03. The number of nitrogens with zero attached hydrogens (tertiary/aromatic N) is 3. The van der Waals surface area contributed by atoms with Gasteiger partial charge in [-0.3, -0.25) is 14.5 Å². The van der Waals surface area contributed by atoms with Crippen LogP contribution in [-0.2, 0) is 34.8 Å². The molecule has 2 aliphatic heterocycles. The molecule has 2 aliphatic rings. The summed E-state index contributed by atoms with van der Waals surface area (Å²) in [5.41, 5.74) is 1.28. The first-order valence-corrected chi connectivity index (χ1v) is 14.5. The maximum atomic E-state index is 13.6. The van der Waals surface area contributed by atoms with Crippen LogP contribution in [0.25, 0.3) is 10.9 Å². The van der Waals surface area contributed by atoms with E-state index in [9.17, 15) is 19.2 Å². The lowest BCUT2D eigenvalue weighted by molar-refractivity contribution is -0.145. The molecular formula is C30H42BN3O8. The molecule has 0 N–H and O–H groups in total. The quantitative estimate of drug-likeness (QED) is 0.497. The number of fused-ring (bicyclic) bond motifs is 1. The number of rotatable bonds is 3. The van der Waals surface area contributed by atoms with Crippen molar-refractivity contribution in [2.75, 3.05) is 33.2 Å². The molecule has 0 radical (unpaired) electrons.